The van der Waals surface area contributed by atoms with E-state index >= 15 is 0 Å². The van der Waals surface area contributed by atoms with Gasteiger partial charge in [0.1, 0.15) is 0 Å². The number of nitrogens with one attached hydrogen (secondary N) is 1. The highest BCUT2D eigenvalue weighted by Gasteiger charge is 2.25. The monoisotopic (exact) mass is 396 g/mol. The maximum atomic E-state index is 12.7. The maximum absolute atomic E-state index is 12.7. The largest absolute Gasteiger partial charge is 0.456 e. The molecular weight excluding hydrogens is 367 g/mol. The standard InChI is InChI=1S/C22H29BN2O4/c1-17(2)25(22(27)19-11-7-4-8-12-19)14-13-21(26)24-16-20(23(28)29)15-18-9-5-3-6-10-18/h3-12,17,20,28-29H,13-16H2,1-2H3,(H,24,26). The third-order valence-electron chi connectivity index (χ3n) is 4.81. The first-order valence-electron chi connectivity index (χ1n) is 9.91. The van der Waals surface area contributed by atoms with E-state index in [4.69, 9.17) is 0 Å². The molecule has 2 aromatic rings. The number of amides is 2. The molecule has 2 amide bonds. The van der Waals surface area contributed by atoms with Gasteiger partial charge in [0, 0.05) is 36.9 Å². The van der Waals surface area contributed by atoms with E-state index in [0.717, 1.165) is 5.56 Å². The molecule has 0 bridgehead atoms. The summed E-state index contributed by atoms with van der Waals surface area (Å²) in [5.41, 5.74) is 1.56. The minimum absolute atomic E-state index is 0.0411. The summed E-state index contributed by atoms with van der Waals surface area (Å²) in [6.07, 6.45) is 0.597. The summed E-state index contributed by atoms with van der Waals surface area (Å²) in [7, 11) is -1.53. The average molecular weight is 396 g/mol. The van der Waals surface area contributed by atoms with E-state index in [1.807, 2.05) is 62.4 Å². The van der Waals surface area contributed by atoms with Gasteiger partial charge in [0.2, 0.25) is 5.91 Å². The highest BCUT2D eigenvalue weighted by molar-refractivity contribution is 6.43. The van der Waals surface area contributed by atoms with Crippen molar-refractivity contribution in [1.82, 2.24) is 10.2 Å². The molecule has 0 aliphatic heterocycles. The number of hydrogen-bond acceptors (Lipinski definition) is 4. The number of carbonyl (C=O) groups is 2. The van der Waals surface area contributed by atoms with Crippen LogP contribution in [0.25, 0.3) is 0 Å². The molecule has 1 unspecified atom stereocenters. The van der Waals surface area contributed by atoms with Crippen LogP contribution in [0.4, 0.5) is 0 Å². The first kappa shape index (κ1) is 22.7. The quantitative estimate of drug-likeness (QED) is 0.537. The Bertz CT molecular complexity index is 769. The fourth-order valence-corrected chi connectivity index (χ4v) is 3.10. The summed E-state index contributed by atoms with van der Waals surface area (Å²) in [5.74, 6) is -0.843. The van der Waals surface area contributed by atoms with Crippen molar-refractivity contribution in [3.63, 3.8) is 0 Å². The Balaban J connectivity index is 1.87. The molecule has 0 saturated carbocycles. The van der Waals surface area contributed by atoms with Gasteiger partial charge in [-0.15, -0.1) is 0 Å². The van der Waals surface area contributed by atoms with Gasteiger partial charge in [-0.3, -0.25) is 9.59 Å². The van der Waals surface area contributed by atoms with E-state index in [0.29, 0.717) is 18.5 Å². The van der Waals surface area contributed by atoms with Crippen LogP contribution in [0, 0.1) is 0 Å². The van der Waals surface area contributed by atoms with Gasteiger partial charge in [0.05, 0.1) is 0 Å². The molecule has 0 aliphatic carbocycles. The van der Waals surface area contributed by atoms with Crippen LogP contribution in [0.1, 0.15) is 36.2 Å². The molecule has 6 nitrogen and oxygen atoms in total. The molecule has 0 aromatic heterocycles. The Labute approximate surface area is 172 Å². The van der Waals surface area contributed by atoms with Gasteiger partial charge in [0.15, 0.2) is 0 Å². The van der Waals surface area contributed by atoms with Crippen molar-refractivity contribution >= 4 is 18.9 Å². The van der Waals surface area contributed by atoms with Crippen LogP contribution in [0.15, 0.2) is 60.7 Å². The molecule has 29 heavy (non-hydrogen) atoms. The van der Waals surface area contributed by atoms with Gasteiger partial charge in [-0.25, -0.2) is 0 Å². The Morgan fingerprint density at radius 2 is 1.59 bits per heavy atom. The summed E-state index contributed by atoms with van der Waals surface area (Å²) in [4.78, 5) is 26.6. The molecule has 0 spiro atoms. The van der Waals surface area contributed by atoms with Gasteiger partial charge in [-0.2, -0.15) is 0 Å². The molecule has 0 radical (unpaired) electrons. The van der Waals surface area contributed by atoms with Gasteiger partial charge in [-0.1, -0.05) is 48.5 Å². The zero-order chi connectivity index (χ0) is 21.2. The Morgan fingerprint density at radius 3 is 2.14 bits per heavy atom. The van der Waals surface area contributed by atoms with Crippen LogP contribution in [0.5, 0.6) is 0 Å². The fourth-order valence-electron chi connectivity index (χ4n) is 3.10. The van der Waals surface area contributed by atoms with Crippen LogP contribution in [0.3, 0.4) is 0 Å². The number of nitrogens with zero attached hydrogens (tertiary/aromatic N) is 1. The van der Waals surface area contributed by atoms with Crippen LogP contribution >= 0.6 is 0 Å². The minimum Gasteiger partial charge on any atom is -0.427 e. The van der Waals surface area contributed by atoms with E-state index in [1.165, 1.54) is 0 Å². The van der Waals surface area contributed by atoms with Crippen molar-refractivity contribution in [3.8, 4) is 0 Å². The molecule has 0 aliphatic rings. The zero-order valence-electron chi connectivity index (χ0n) is 17.0. The third kappa shape index (κ3) is 7.36. The second-order valence-electron chi connectivity index (χ2n) is 7.38. The smallest absolute Gasteiger partial charge is 0.427 e. The minimum atomic E-state index is -1.53. The first-order valence-corrected chi connectivity index (χ1v) is 9.91. The lowest BCUT2D eigenvalue weighted by Gasteiger charge is -2.27. The second-order valence-corrected chi connectivity index (χ2v) is 7.38. The van der Waals surface area contributed by atoms with Gasteiger partial charge >= 0.3 is 7.12 Å². The van der Waals surface area contributed by atoms with Crippen molar-refractivity contribution in [2.24, 2.45) is 0 Å². The number of carbonyl (C=O) groups excluding carboxylic acids is 2. The molecule has 3 N–H and O–H groups in total. The molecule has 0 fully saturated rings. The van der Waals surface area contributed by atoms with Crippen LogP contribution in [-0.4, -0.2) is 53.0 Å². The average Bonchev–Trinajstić information content (AvgIpc) is 2.72. The van der Waals surface area contributed by atoms with Gasteiger partial charge in [-0.05, 0) is 38.0 Å². The van der Waals surface area contributed by atoms with E-state index < -0.39 is 12.9 Å². The van der Waals surface area contributed by atoms with Crippen molar-refractivity contribution in [2.75, 3.05) is 13.1 Å². The number of benzene rings is 2. The van der Waals surface area contributed by atoms with Crippen LogP contribution in [0.2, 0.25) is 5.82 Å². The predicted octanol–water partition coefficient (Wildman–Crippen LogP) is 2.13. The maximum Gasteiger partial charge on any atom is 0.456 e. The molecule has 0 saturated heterocycles. The highest BCUT2D eigenvalue weighted by Crippen LogP contribution is 2.15. The van der Waals surface area contributed by atoms with E-state index in [9.17, 15) is 19.6 Å². The summed E-state index contributed by atoms with van der Waals surface area (Å²) >= 11 is 0. The zero-order valence-corrected chi connectivity index (χ0v) is 17.0. The summed E-state index contributed by atoms with van der Waals surface area (Å²) in [6.45, 7) is 4.27. The van der Waals surface area contributed by atoms with Gasteiger partial charge in [0.25, 0.3) is 5.91 Å². The second kappa shape index (κ2) is 11.4. The normalized spacial score (nSPS) is 11.8. The van der Waals surface area contributed by atoms with Gasteiger partial charge < -0.3 is 20.3 Å². The van der Waals surface area contributed by atoms with E-state index in [1.54, 1.807) is 17.0 Å². The molecule has 1 atom stereocenters. The van der Waals surface area contributed by atoms with Crippen molar-refractivity contribution in [1.29, 1.82) is 0 Å². The number of hydrogen-bond donors (Lipinski definition) is 3. The molecular formula is C22H29BN2O4. The lowest BCUT2D eigenvalue weighted by molar-refractivity contribution is -0.121. The van der Waals surface area contributed by atoms with Crippen molar-refractivity contribution in [2.45, 2.75) is 38.5 Å². The van der Waals surface area contributed by atoms with Crippen LogP contribution in [-0.2, 0) is 11.2 Å². The molecule has 2 aromatic carbocycles. The van der Waals surface area contributed by atoms with Crippen LogP contribution < -0.4 is 5.32 Å². The molecule has 7 heteroatoms. The molecule has 0 heterocycles. The third-order valence-corrected chi connectivity index (χ3v) is 4.81. The Hall–Kier alpha value is -2.64. The molecule has 154 valence electrons. The lowest BCUT2D eigenvalue weighted by atomic mass is 9.69. The SMILES string of the molecule is CC(C)N(CCC(=O)NCC(Cc1ccccc1)B(O)O)C(=O)c1ccccc1. The Kier molecular flexibility index (Phi) is 8.89. The fraction of sp³-hybridized carbons (Fsp3) is 0.364. The summed E-state index contributed by atoms with van der Waals surface area (Å²) < 4.78 is 0. The number of rotatable bonds is 10. The first-order chi connectivity index (χ1) is 13.9. The Morgan fingerprint density at radius 1 is 1.00 bits per heavy atom. The molecule has 2 rings (SSSR count). The topological polar surface area (TPSA) is 89.9 Å². The van der Waals surface area contributed by atoms with Crippen molar-refractivity contribution < 1.29 is 19.6 Å². The lowest BCUT2D eigenvalue weighted by Crippen LogP contribution is -2.41. The highest BCUT2D eigenvalue weighted by atomic mass is 16.4. The summed E-state index contributed by atoms with van der Waals surface area (Å²) in [6, 6.07) is 18.4. The van der Waals surface area contributed by atoms with E-state index in [2.05, 4.69) is 5.32 Å². The van der Waals surface area contributed by atoms with Crippen molar-refractivity contribution in [3.05, 3.63) is 71.8 Å². The summed E-state index contributed by atoms with van der Waals surface area (Å²) in [5, 5.41) is 22.0. The predicted molar refractivity (Wildman–Crippen MR) is 114 cm³/mol. The van der Waals surface area contributed by atoms with E-state index in [-0.39, 0.29) is 30.8 Å².